The van der Waals surface area contributed by atoms with Crippen molar-refractivity contribution in [3.8, 4) is 5.75 Å². The van der Waals surface area contributed by atoms with Gasteiger partial charge in [-0.1, -0.05) is 23.7 Å². The van der Waals surface area contributed by atoms with Crippen molar-refractivity contribution in [3.63, 3.8) is 0 Å². The first-order valence-corrected chi connectivity index (χ1v) is 9.96. The number of likely N-dealkylation sites (tertiary alicyclic amines) is 1. The molecule has 4 rings (SSSR count). The Labute approximate surface area is 170 Å². The van der Waals surface area contributed by atoms with Crippen molar-refractivity contribution in [2.24, 2.45) is 5.92 Å². The van der Waals surface area contributed by atoms with Crippen molar-refractivity contribution >= 4 is 28.3 Å². The summed E-state index contributed by atoms with van der Waals surface area (Å²) in [5.41, 5.74) is 2.80. The minimum Gasteiger partial charge on any atom is -0.497 e. The van der Waals surface area contributed by atoms with E-state index in [0.29, 0.717) is 0 Å². The number of hydrogen-bond acceptors (Lipinski definition) is 4. The van der Waals surface area contributed by atoms with Crippen LogP contribution in [-0.4, -0.2) is 35.9 Å². The average molecular weight is 395 g/mol. The summed E-state index contributed by atoms with van der Waals surface area (Å²) in [7, 11) is 1.63. The fourth-order valence-electron chi connectivity index (χ4n) is 3.90. The number of ketones is 1. The zero-order chi connectivity index (χ0) is 19.5. The van der Waals surface area contributed by atoms with Gasteiger partial charge in [-0.25, -0.2) is 0 Å². The molecule has 0 amide bonds. The number of ether oxygens (including phenoxy) is 1. The number of fused-ring (bicyclic) bond motifs is 1. The molecule has 0 saturated carbocycles. The summed E-state index contributed by atoms with van der Waals surface area (Å²) in [5.74, 6) is 1.07. The zero-order valence-corrected chi connectivity index (χ0v) is 16.7. The quantitative estimate of drug-likeness (QED) is 0.571. The van der Waals surface area contributed by atoms with Gasteiger partial charge in [-0.05, 0) is 62.3 Å². The predicted octanol–water partition coefficient (Wildman–Crippen LogP) is 4.99. The van der Waals surface area contributed by atoms with Gasteiger partial charge in [0.05, 0.1) is 12.6 Å². The number of hydrogen-bond donors (Lipinski definition) is 0. The number of methoxy groups -OCH3 is 1. The lowest BCUT2D eigenvalue weighted by Crippen LogP contribution is -2.36. The maximum atomic E-state index is 12.8. The van der Waals surface area contributed by atoms with E-state index in [1.54, 1.807) is 7.11 Å². The van der Waals surface area contributed by atoms with E-state index in [2.05, 4.69) is 16.0 Å². The Kier molecular flexibility index (Phi) is 5.60. The van der Waals surface area contributed by atoms with Gasteiger partial charge in [-0.2, -0.15) is 0 Å². The number of Topliss-reactive ketones (excluding diaryl/α,β-unsaturated/α-hetero) is 1. The molecule has 0 bridgehead atoms. The van der Waals surface area contributed by atoms with Crippen LogP contribution in [0.5, 0.6) is 5.75 Å². The molecule has 0 aliphatic carbocycles. The lowest BCUT2D eigenvalue weighted by molar-refractivity contribution is 0.0835. The molecule has 2 aromatic carbocycles. The lowest BCUT2D eigenvalue weighted by atomic mass is 9.88. The fourth-order valence-corrected chi connectivity index (χ4v) is 4.11. The molecular formula is C23H23ClN2O2. The van der Waals surface area contributed by atoms with E-state index in [4.69, 9.17) is 16.3 Å². The number of benzene rings is 2. The highest BCUT2D eigenvalue weighted by Crippen LogP contribution is 2.29. The number of piperidine rings is 1. The second-order valence-electron chi connectivity index (χ2n) is 7.24. The van der Waals surface area contributed by atoms with Gasteiger partial charge in [0, 0.05) is 40.2 Å². The van der Waals surface area contributed by atoms with Crippen LogP contribution in [0.4, 0.5) is 0 Å². The third-order valence-electron chi connectivity index (χ3n) is 5.54. The van der Waals surface area contributed by atoms with E-state index in [9.17, 15) is 4.79 Å². The topological polar surface area (TPSA) is 42.4 Å². The van der Waals surface area contributed by atoms with Crippen LogP contribution in [0.3, 0.4) is 0 Å². The molecule has 0 radical (unpaired) electrons. The van der Waals surface area contributed by atoms with Gasteiger partial charge in [0.15, 0.2) is 5.78 Å². The van der Waals surface area contributed by atoms with E-state index in [-0.39, 0.29) is 11.7 Å². The van der Waals surface area contributed by atoms with Gasteiger partial charge < -0.3 is 4.74 Å². The van der Waals surface area contributed by atoms with Crippen LogP contribution in [0, 0.1) is 5.92 Å². The van der Waals surface area contributed by atoms with Crippen molar-refractivity contribution in [1.82, 2.24) is 9.88 Å². The summed E-state index contributed by atoms with van der Waals surface area (Å²) in [6.07, 6.45) is 3.53. The third-order valence-corrected chi connectivity index (χ3v) is 5.89. The summed E-state index contributed by atoms with van der Waals surface area (Å²) in [6, 6.07) is 15.4. The van der Waals surface area contributed by atoms with Crippen LogP contribution in [-0.2, 0) is 6.54 Å². The van der Waals surface area contributed by atoms with Gasteiger partial charge in [0.2, 0.25) is 0 Å². The minimum atomic E-state index is 0.0748. The standard InChI is InChI=1S/C23H23ClN2O2/c1-28-19-7-4-17(5-8-19)23(27)18-10-13-26(14-11-18)15-20-21(24)9-6-16-3-2-12-25-22(16)20/h2-9,12,18H,10-11,13-15H2,1H3. The van der Waals surface area contributed by atoms with Crippen LogP contribution in [0.1, 0.15) is 28.8 Å². The maximum absolute atomic E-state index is 12.8. The van der Waals surface area contributed by atoms with Crippen LogP contribution in [0.25, 0.3) is 10.9 Å². The van der Waals surface area contributed by atoms with E-state index < -0.39 is 0 Å². The summed E-state index contributed by atoms with van der Waals surface area (Å²) in [4.78, 5) is 19.7. The van der Waals surface area contributed by atoms with Gasteiger partial charge in [0.1, 0.15) is 5.75 Å². The first-order valence-electron chi connectivity index (χ1n) is 9.58. The molecule has 4 nitrogen and oxygen atoms in total. The highest BCUT2D eigenvalue weighted by Gasteiger charge is 2.26. The summed E-state index contributed by atoms with van der Waals surface area (Å²) >= 11 is 6.48. The van der Waals surface area contributed by atoms with Crippen LogP contribution < -0.4 is 4.74 Å². The van der Waals surface area contributed by atoms with Crippen molar-refractivity contribution in [3.05, 3.63) is 70.9 Å². The first kappa shape index (κ1) is 18.9. The SMILES string of the molecule is COc1ccc(C(=O)C2CCN(Cc3c(Cl)ccc4cccnc34)CC2)cc1. The van der Waals surface area contributed by atoms with Gasteiger partial charge in [-0.15, -0.1) is 0 Å². The predicted molar refractivity (Wildman–Crippen MR) is 112 cm³/mol. The number of halogens is 1. The maximum Gasteiger partial charge on any atom is 0.166 e. The molecule has 0 unspecified atom stereocenters. The number of nitrogens with zero attached hydrogens (tertiary/aromatic N) is 2. The highest BCUT2D eigenvalue weighted by molar-refractivity contribution is 6.32. The fraction of sp³-hybridized carbons (Fsp3) is 0.304. The Morgan fingerprint density at radius 3 is 2.61 bits per heavy atom. The molecule has 1 aromatic heterocycles. The molecule has 1 aliphatic heterocycles. The molecule has 0 spiro atoms. The van der Waals surface area contributed by atoms with E-state index >= 15 is 0 Å². The monoisotopic (exact) mass is 394 g/mol. The Hall–Kier alpha value is -2.43. The normalized spacial score (nSPS) is 15.6. The third kappa shape index (κ3) is 3.89. The number of carbonyl (C=O) groups excluding carboxylic acids is 1. The van der Waals surface area contributed by atoms with E-state index in [1.165, 1.54) is 0 Å². The number of aromatic nitrogens is 1. The number of pyridine rings is 1. The van der Waals surface area contributed by atoms with Gasteiger partial charge >= 0.3 is 0 Å². The molecule has 0 N–H and O–H groups in total. The molecule has 1 saturated heterocycles. The summed E-state index contributed by atoms with van der Waals surface area (Å²) < 4.78 is 5.17. The second kappa shape index (κ2) is 8.29. The number of rotatable bonds is 5. The number of carbonyl (C=O) groups is 1. The highest BCUT2D eigenvalue weighted by atomic mass is 35.5. The Morgan fingerprint density at radius 2 is 1.89 bits per heavy atom. The van der Waals surface area contributed by atoms with Gasteiger partial charge in [-0.3, -0.25) is 14.7 Å². The lowest BCUT2D eigenvalue weighted by Gasteiger charge is -2.31. The molecule has 1 fully saturated rings. The molecule has 1 aliphatic rings. The van der Waals surface area contributed by atoms with Crippen LogP contribution in [0.2, 0.25) is 5.02 Å². The van der Waals surface area contributed by atoms with Crippen molar-refractivity contribution in [2.45, 2.75) is 19.4 Å². The minimum absolute atomic E-state index is 0.0748. The molecule has 3 aromatic rings. The van der Waals surface area contributed by atoms with Crippen molar-refractivity contribution in [1.29, 1.82) is 0 Å². The van der Waals surface area contributed by atoms with Crippen molar-refractivity contribution < 1.29 is 9.53 Å². The van der Waals surface area contributed by atoms with Crippen molar-refractivity contribution in [2.75, 3.05) is 20.2 Å². The molecule has 2 heterocycles. The Bertz CT molecular complexity index is 980. The molecule has 28 heavy (non-hydrogen) atoms. The van der Waals surface area contributed by atoms with E-state index in [1.807, 2.05) is 48.7 Å². The van der Waals surface area contributed by atoms with Crippen LogP contribution >= 0.6 is 11.6 Å². The largest absolute Gasteiger partial charge is 0.497 e. The summed E-state index contributed by atoms with van der Waals surface area (Å²) in [5, 5.41) is 1.86. The second-order valence-corrected chi connectivity index (χ2v) is 7.65. The molecule has 0 atom stereocenters. The molecular weight excluding hydrogens is 372 g/mol. The van der Waals surface area contributed by atoms with E-state index in [0.717, 1.165) is 65.3 Å². The average Bonchev–Trinajstić information content (AvgIpc) is 2.76. The summed E-state index contributed by atoms with van der Waals surface area (Å²) in [6.45, 7) is 2.52. The Morgan fingerprint density at radius 1 is 1.14 bits per heavy atom. The zero-order valence-electron chi connectivity index (χ0n) is 15.9. The molecule has 144 valence electrons. The van der Waals surface area contributed by atoms with Gasteiger partial charge in [0.25, 0.3) is 0 Å². The first-order chi connectivity index (χ1) is 13.7. The smallest absolute Gasteiger partial charge is 0.166 e. The van der Waals surface area contributed by atoms with Crippen LogP contribution in [0.15, 0.2) is 54.7 Å². The Balaban J connectivity index is 1.42. The molecule has 5 heteroatoms.